The highest BCUT2D eigenvalue weighted by atomic mass is 19.1. The summed E-state index contributed by atoms with van der Waals surface area (Å²) in [5.74, 6) is -1.16. The minimum Gasteiger partial charge on any atom is -0.315 e. The third kappa shape index (κ3) is 2.60. The Morgan fingerprint density at radius 3 is 2.75 bits per heavy atom. The quantitative estimate of drug-likeness (QED) is 0.580. The van der Waals surface area contributed by atoms with Crippen molar-refractivity contribution < 1.29 is 8.78 Å². The van der Waals surface area contributed by atoms with E-state index in [9.17, 15) is 13.6 Å². The molecule has 142 valence electrons. The van der Waals surface area contributed by atoms with Crippen LogP contribution in [-0.4, -0.2) is 32.0 Å². The van der Waals surface area contributed by atoms with Gasteiger partial charge in [-0.05, 0) is 43.7 Å². The van der Waals surface area contributed by atoms with Gasteiger partial charge in [0, 0.05) is 24.5 Å². The Labute approximate surface area is 158 Å². The second-order valence-electron chi connectivity index (χ2n) is 7.15. The Morgan fingerprint density at radius 1 is 1.14 bits per heavy atom. The number of aryl methyl sites for hydroxylation is 1. The first-order valence-electron chi connectivity index (χ1n) is 9.07. The Morgan fingerprint density at radius 2 is 1.96 bits per heavy atom. The average molecular weight is 381 g/mol. The summed E-state index contributed by atoms with van der Waals surface area (Å²) < 4.78 is 32.4. The summed E-state index contributed by atoms with van der Waals surface area (Å²) >= 11 is 0. The molecule has 1 saturated heterocycles. The van der Waals surface area contributed by atoms with E-state index in [0.29, 0.717) is 23.4 Å². The van der Waals surface area contributed by atoms with Crippen molar-refractivity contribution in [3.05, 3.63) is 64.6 Å². The fraction of sp³-hybridized carbons (Fsp3) is 0.250. The number of benzene rings is 1. The van der Waals surface area contributed by atoms with E-state index in [1.54, 1.807) is 29.8 Å². The van der Waals surface area contributed by atoms with Crippen molar-refractivity contribution in [2.75, 3.05) is 13.1 Å². The second-order valence-corrected chi connectivity index (χ2v) is 7.15. The molecule has 1 unspecified atom stereocenters. The molecule has 0 saturated carbocycles. The van der Waals surface area contributed by atoms with Crippen LogP contribution in [0, 0.1) is 18.6 Å². The third-order valence-corrected chi connectivity index (χ3v) is 5.23. The van der Waals surface area contributed by atoms with Gasteiger partial charge >= 0.3 is 0 Å². The normalized spacial score (nSPS) is 17.0. The number of hydrogen-bond donors (Lipinski definition) is 1. The van der Waals surface area contributed by atoms with Crippen molar-refractivity contribution in [2.45, 2.75) is 19.4 Å². The summed E-state index contributed by atoms with van der Waals surface area (Å²) in [4.78, 5) is 21.2. The molecule has 3 aromatic heterocycles. The fourth-order valence-corrected chi connectivity index (χ4v) is 3.85. The molecule has 8 heteroatoms. The summed E-state index contributed by atoms with van der Waals surface area (Å²) in [6, 6.07) is 4.16. The van der Waals surface area contributed by atoms with Crippen LogP contribution in [0.3, 0.4) is 0 Å². The van der Waals surface area contributed by atoms with E-state index in [2.05, 4.69) is 15.3 Å². The second kappa shape index (κ2) is 6.20. The average Bonchev–Trinajstić information content (AvgIpc) is 3.31. The Hall–Kier alpha value is -3.13. The molecule has 1 N–H and O–H groups in total. The summed E-state index contributed by atoms with van der Waals surface area (Å²) in [5, 5.41) is 3.15. The van der Waals surface area contributed by atoms with Crippen LogP contribution in [-0.2, 0) is 0 Å². The van der Waals surface area contributed by atoms with Crippen LogP contribution in [0.15, 0.2) is 41.7 Å². The van der Waals surface area contributed by atoms with Crippen LogP contribution in [0.2, 0.25) is 0 Å². The number of halogens is 2. The zero-order valence-electron chi connectivity index (χ0n) is 15.1. The van der Waals surface area contributed by atoms with Gasteiger partial charge in [-0.3, -0.25) is 9.36 Å². The van der Waals surface area contributed by atoms with Gasteiger partial charge in [-0.15, -0.1) is 0 Å². The monoisotopic (exact) mass is 381 g/mol. The van der Waals surface area contributed by atoms with Crippen LogP contribution in [0.25, 0.3) is 27.7 Å². The van der Waals surface area contributed by atoms with E-state index < -0.39 is 17.2 Å². The highest BCUT2D eigenvalue weighted by Crippen LogP contribution is 2.27. The molecule has 1 aliphatic rings. The maximum Gasteiger partial charge on any atom is 0.264 e. The van der Waals surface area contributed by atoms with Gasteiger partial charge in [-0.25, -0.2) is 18.7 Å². The van der Waals surface area contributed by atoms with E-state index in [0.717, 1.165) is 13.0 Å². The number of rotatable bonds is 2. The molecule has 0 aliphatic carbocycles. The third-order valence-electron chi connectivity index (χ3n) is 5.23. The van der Waals surface area contributed by atoms with Gasteiger partial charge in [0.25, 0.3) is 5.56 Å². The van der Waals surface area contributed by atoms with E-state index >= 15 is 0 Å². The van der Waals surface area contributed by atoms with Crippen molar-refractivity contribution >= 4 is 16.6 Å². The summed E-state index contributed by atoms with van der Waals surface area (Å²) in [5.41, 5.74) is 1.69. The molecule has 1 fully saturated rings. The van der Waals surface area contributed by atoms with Gasteiger partial charge < -0.3 is 9.72 Å². The zero-order chi connectivity index (χ0) is 19.4. The predicted molar refractivity (Wildman–Crippen MR) is 101 cm³/mol. The molecule has 0 radical (unpaired) electrons. The number of nitrogens with one attached hydrogen (secondary N) is 1. The summed E-state index contributed by atoms with van der Waals surface area (Å²) in [7, 11) is 0. The minimum absolute atomic E-state index is 0.0236. The lowest BCUT2D eigenvalue weighted by molar-refractivity contribution is 0.523. The van der Waals surface area contributed by atoms with Gasteiger partial charge in [0.1, 0.15) is 11.2 Å². The van der Waals surface area contributed by atoms with Crippen LogP contribution >= 0.6 is 0 Å². The smallest absolute Gasteiger partial charge is 0.264 e. The predicted octanol–water partition coefficient (Wildman–Crippen LogP) is 2.83. The number of imidazole rings is 1. The van der Waals surface area contributed by atoms with E-state index in [1.165, 1.54) is 23.0 Å². The number of hydrogen-bond acceptors (Lipinski definition) is 4. The van der Waals surface area contributed by atoms with Crippen molar-refractivity contribution in [2.24, 2.45) is 0 Å². The molecule has 1 atom stereocenters. The minimum atomic E-state index is -0.660. The Kier molecular flexibility index (Phi) is 3.77. The molecular formula is C20H17F2N5O. The van der Waals surface area contributed by atoms with E-state index in [1.807, 2.05) is 0 Å². The molecule has 0 spiro atoms. The number of fused-ring (bicyclic) bond motifs is 2. The Bertz CT molecular complexity index is 1290. The van der Waals surface area contributed by atoms with E-state index in [4.69, 9.17) is 0 Å². The number of nitrogens with zero attached hydrogens (tertiary/aromatic N) is 4. The summed E-state index contributed by atoms with van der Waals surface area (Å²) in [6.07, 6.45) is 5.65. The molecule has 5 rings (SSSR count). The van der Waals surface area contributed by atoms with Crippen molar-refractivity contribution in [1.29, 1.82) is 0 Å². The van der Waals surface area contributed by atoms with Gasteiger partial charge in [0.05, 0.1) is 23.6 Å². The van der Waals surface area contributed by atoms with Crippen LogP contribution < -0.4 is 10.9 Å². The van der Waals surface area contributed by atoms with Crippen LogP contribution in [0.4, 0.5) is 8.78 Å². The highest BCUT2D eigenvalue weighted by Gasteiger charge is 2.20. The first-order valence-corrected chi connectivity index (χ1v) is 9.07. The van der Waals surface area contributed by atoms with Gasteiger partial charge in [-0.2, -0.15) is 0 Å². The molecule has 0 bridgehead atoms. The molecule has 4 aromatic rings. The SMILES string of the molecule is Cc1cn2cc(-c3cc(F)c4c(=O)n(C5CCNC5)cnc4c3)cc(F)c2n1. The largest absolute Gasteiger partial charge is 0.315 e. The first-order chi connectivity index (χ1) is 13.5. The molecular weight excluding hydrogens is 364 g/mol. The molecule has 6 nitrogen and oxygen atoms in total. The zero-order valence-corrected chi connectivity index (χ0v) is 15.1. The van der Waals surface area contributed by atoms with Gasteiger partial charge in [0.2, 0.25) is 0 Å². The lowest BCUT2D eigenvalue weighted by Gasteiger charge is -2.13. The van der Waals surface area contributed by atoms with Crippen molar-refractivity contribution in [3.8, 4) is 11.1 Å². The van der Waals surface area contributed by atoms with Gasteiger partial charge in [0.15, 0.2) is 11.5 Å². The van der Waals surface area contributed by atoms with Gasteiger partial charge in [-0.1, -0.05) is 0 Å². The highest BCUT2D eigenvalue weighted by molar-refractivity contribution is 5.84. The van der Waals surface area contributed by atoms with Crippen LogP contribution in [0.1, 0.15) is 18.2 Å². The maximum absolute atomic E-state index is 14.9. The van der Waals surface area contributed by atoms with E-state index in [-0.39, 0.29) is 22.6 Å². The fourth-order valence-electron chi connectivity index (χ4n) is 3.85. The molecule has 28 heavy (non-hydrogen) atoms. The molecule has 1 aliphatic heterocycles. The standard InChI is InChI=1S/C20H17F2N5O/c1-11-8-26-9-13(5-16(22)19(26)25-11)12-4-15(21)18-17(6-12)24-10-27(20(18)28)14-2-3-23-7-14/h4-6,8-10,14,23H,2-3,7H2,1H3. The Balaban J connectivity index is 1.68. The lowest BCUT2D eigenvalue weighted by atomic mass is 10.0. The summed E-state index contributed by atoms with van der Waals surface area (Å²) in [6.45, 7) is 3.26. The first kappa shape index (κ1) is 17.0. The maximum atomic E-state index is 14.9. The number of pyridine rings is 1. The van der Waals surface area contributed by atoms with Crippen LogP contribution in [0.5, 0.6) is 0 Å². The molecule has 4 heterocycles. The topological polar surface area (TPSA) is 64.2 Å². The number of aromatic nitrogens is 4. The van der Waals surface area contributed by atoms with Crippen molar-refractivity contribution in [3.63, 3.8) is 0 Å². The van der Waals surface area contributed by atoms with Crippen molar-refractivity contribution in [1.82, 2.24) is 24.3 Å². The molecule has 1 aromatic carbocycles. The molecule has 0 amide bonds. The lowest BCUT2D eigenvalue weighted by Crippen LogP contribution is -2.27.